The molecule has 0 aromatic heterocycles. The van der Waals surface area contributed by atoms with Crippen LogP contribution in [0.4, 0.5) is 5.69 Å². The minimum atomic E-state index is -0.856. The lowest BCUT2D eigenvalue weighted by atomic mass is 9.66. The van der Waals surface area contributed by atoms with Gasteiger partial charge in [0.05, 0.1) is 35.8 Å². The molecule has 3 heterocycles. The molecule has 3 saturated heterocycles. The number of rotatable bonds is 8. The van der Waals surface area contributed by atoms with Crippen LogP contribution in [0.1, 0.15) is 25.8 Å². The van der Waals surface area contributed by atoms with Crippen LogP contribution in [0, 0.1) is 17.8 Å². The van der Waals surface area contributed by atoms with Crippen molar-refractivity contribution in [1.29, 1.82) is 0 Å². The van der Waals surface area contributed by atoms with E-state index in [1.54, 1.807) is 47.9 Å². The van der Waals surface area contributed by atoms with E-state index in [1.807, 2.05) is 30.3 Å². The average Bonchev–Trinajstić information content (AvgIpc) is 3.48. The Labute approximate surface area is 225 Å². The van der Waals surface area contributed by atoms with E-state index < -0.39 is 28.7 Å². The SMILES string of the molecule is CCOC(=O)[C@@H]1[C@@H]2CC(C)C3(S2)C(C(=O)Nc2ccc(Cl)cc2)N([C@@H](CO)Cc2ccccc2)C(=O)[C@H]13. The zero-order valence-corrected chi connectivity index (χ0v) is 22.4. The number of benzene rings is 2. The Morgan fingerprint density at radius 1 is 1.22 bits per heavy atom. The second-order valence-electron chi connectivity index (χ2n) is 10.1. The van der Waals surface area contributed by atoms with Gasteiger partial charge in [-0.25, -0.2) is 0 Å². The van der Waals surface area contributed by atoms with Crippen LogP contribution in [-0.4, -0.2) is 63.1 Å². The lowest BCUT2D eigenvalue weighted by molar-refractivity contribution is -0.154. The van der Waals surface area contributed by atoms with Crippen molar-refractivity contribution < 1.29 is 24.2 Å². The quantitative estimate of drug-likeness (QED) is 0.493. The van der Waals surface area contributed by atoms with E-state index >= 15 is 0 Å². The van der Waals surface area contributed by atoms with Crippen molar-refractivity contribution in [1.82, 2.24) is 4.90 Å². The highest BCUT2D eigenvalue weighted by Gasteiger charge is 2.76. The molecule has 7 atom stereocenters. The van der Waals surface area contributed by atoms with Gasteiger partial charge in [0.1, 0.15) is 6.04 Å². The van der Waals surface area contributed by atoms with E-state index in [9.17, 15) is 19.5 Å². The number of hydrogen-bond donors (Lipinski definition) is 2. The third-order valence-electron chi connectivity index (χ3n) is 8.02. The smallest absolute Gasteiger partial charge is 0.310 e. The molecule has 7 nitrogen and oxygen atoms in total. The number of carbonyl (C=O) groups is 3. The second-order valence-corrected chi connectivity index (χ2v) is 12.1. The summed E-state index contributed by atoms with van der Waals surface area (Å²) in [5.74, 6) is -2.24. The number of thioether (sulfide) groups is 1. The topological polar surface area (TPSA) is 95.9 Å². The minimum Gasteiger partial charge on any atom is -0.466 e. The molecule has 3 aliphatic rings. The number of esters is 1. The first-order valence-corrected chi connectivity index (χ1v) is 13.9. The molecule has 9 heteroatoms. The third kappa shape index (κ3) is 4.33. The van der Waals surface area contributed by atoms with Crippen molar-refractivity contribution >= 4 is 46.8 Å². The van der Waals surface area contributed by atoms with Crippen LogP contribution in [0.15, 0.2) is 54.6 Å². The standard InChI is InChI=1S/C28H31ClN2O5S/c1-3-36-27(35)22-21-13-16(2)28(37-21)23(22)26(34)31(20(15-32)14-17-7-5-4-6-8-17)24(28)25(33)30-19-11-9-18(29)10-12-19/h4-12,16,20-24,32H,3,13-15H2,1-2H3,(H,30,33)/t16?,20-,21+,22-,23+,24?,28?/m1/s1. The largest absolute Gasteiger partial charge is 0.466 e. The van der Waals surface area contributed by atoms with Crippen LogP contribution < -0.4 is 5.32 Å². The van der Waals surface area contributed by atoms with Gasteiger partial charge in [0.2, 0.25) is 11.8 Å². The first-order chi connectivity index (χ1) is 17.8. The Morgan fingerprint density at radius 3 is 2.57 bits per heavy atom. The molecule has 5 rings (SSSR count). The third-order valence-corrected chi connectivity index (χ3v) is 10.3. The average molecular weight is 543 g/mol. The Bertz CT molecular complexity index is 1180. The van der Waals surface area contributed by atoms with Gasteiger partial charge in [-0.05, 0) is 55.5 Å². The van der Waals surface area contributed by atoms with Crippen LogP contribution in [-0.2, 0) is 25.5 Å². The Hall–Kier alpha value is -2.55. The fourth-order valence-corrected chi connectivity index (χ4v) is 9.06. The molecule has 2 amide bonds. The number of hydrogen-bond acceptors (Lipinski definition) is 6. The van der Waals surface area contributed by atoms with Gasteiger partial charge in [0, 0.05) is 16.0 Å². The molecule has 0 saturated carbocycles. The highest BCUT2D eigenvalue weighted by Crippen LogP contribution is 2.69. The Balaban J connectivity index is 1.57. The number of aliphatic hydroxyl groups excluding tert-OH is 1. The first-order valence-electron chi connectivity index (χ1n) is 12.7. The fourth-order valence-electron chi connectivity index (χ4n) is 6.54. The molecule has 0 radical (unpaired) electrons. The normalized spacial score (nSPS) is 30.8. The van der Waals surface area contributed by atoms with Gasteiger partial charge in [-0.3, -0.25) is 14.4 Å². The number of likely N-dealkylation sites (tertiary alicyclic amines) is 1. The number of fused-ring (bicyclic) bond motifs is 1. The molecule has 2 aromatic carbocycles. The lowest BCUT2D eigenvalue weighted by Gasteiger charge is -2.40. The van der Waals surface area contributed by atoms with Crippen molar-refractivity contribution in [2.75, 3.05) is 18.5 Å². The van der Waals surface area contributed by atoms with Crippen LogP contribution in [0.2, 0.25) is 5.02 Å². The number of amides is 2. The molecule has 2 aromatic rings. The molecule has 0 aliphatic carbocycles. The maximum Gasteiger partial charge on any atom is 0.310 e. The predicted octanol–water partition coefficient (Wildman–Crippen LogP) is 3.78. The Morgan fingerprint density at radius 2 is 1.92 bits per heavy atom. The van der Waals surface area contributed by atoms with Crippen LogP contribution in [0.5, 0.6) is 0 Å². The number of halogens is 1. The predicted molar refractivity (Wildman–Crippen MR) is 143 cm³/mol. The van der Waals surface area contributed by atoms with Gasteiger partial charge < -0.3 is 20.1 Å². The number of aliphatic hydroxyl groups is 1. The number of carbonyl (C=O) groups excluding carboxylic acids is 3. The monoisotopic (exact) mass is 542 g/mol. The molecule has 37 heavy (non-hydrogen) atoms. The summed E-state index contributed by atoms with van der Waals surface area (Å²) in [6.45, 7) is 3.74. The van der Waals surface area contributed by atoms with Crippen molar-refractivity contribution in [3.05, 3.63) is 65.2 Å². The van der Waals surface area contributed by atoms with Crippen molar-refractivity contribution in [2.45, 2.75) is 48.8 Å². The van der Waals surface area contributed by atoms with E-state index in [-0.39, 0.29) is 42.2 Å². The van der Waals surface area contributed by atoms with Crippen LogP contribution >= 0.6 is 23.4 Å². The number of nitrogens with one attached hydrogen (secondary N) is 1. The van der Waals surface area contributed by atoms with Crippen molar-refractivity contribution in [3.63, 3.8) is 0 Å². The van der Waals surface area contributed by atoms with E-state index in [1.165, 1.54) is 0 Å². The summed E-state index contributed by atoms with van der Waals surface area (Å²) < 4.78 is 4.61. The molecule has 2 N–H and O–H groups in total. The Kier molecular flexibility index (Phi) is 7.27. The number of anilines is 1. The zero-order valence-electron chi connectivity index (χ0n) is 20.8. The van der Waals surface area contributed by atoms with Gasteiger partial charge in [0.15, 0.2) is 0 Å². The molecular formula is C28H31ClN2O5S. The zero-order chi connectivity index (χ0) is 26.3. The minimum absolute atomic E-state index is 0.0177. The lowest BCUT2D eigenvalue weighted by Crippen LogP contribution is -2.57. The summed E-state index contributed by atoms with van der Waals surface area (Å²) in [4.78, 5) is 43.0. The van der Waals surface area contributed by atoms with Crippen molar-refractivity contribution in [3.8, 4) is 0 Å². The van der Waals surface area contributed by atoms with Crippen LogP contribution in [0.25, 0.3) is 0 Å². The van der Waals surface area contributed by atoms with E-state index in [4.69, 9.17) is 16.3 Å². The van der Waals surface area contributed by atoms with Crippen LogP contribution in [0.3, 0.4) is 0 Å². The molecule has 3 unspecified atom stereocenters. The van der Waals surface area contributed by atoms with Gasteiger partial charge in [-0.15, -0.1) is 11.8 Å². The highest BCUT2D eigenvalue weighted by atomic mass is 35.5. The summed E-state index contributed by atoms with van der Waals surface area (Å²) >= 11 is 7.61. The fraction of sp³-hybridized carbons (Fsp3) is 0.464. The van der Waals surface area contributed by atoms with Crippen molar-refractivity contribution in [2.24, 2.45) is 17.8 Å². The second kappa shape index (κ2) is 10.3. The van der Waals surface area contributed by atoms with Gasteiger partial charge in [-0.1, -0.05) is 48.9 Å². The summed E-state index contributed by atoms with van der Waals surface area (Å²) in [7, 11) is 0. The molecule has 1 spiro atoms. The maximum atomic E-state index is 14.2. The maximum absolute atomic E-state index is 14.2. The van der Waals surface area contributed by atoms with E-state index in [0.717, 1.165) is 12.0 Å². The summed E-state index contributed by atoms with van der Waals surface area (Å²) in [5.41, 5.74) is 1.52. The van der Waals surface area contributed by atoms with Gasteiger partial charge >= 0.3 is 5.97 Å². The summed E-state index contributed by atoms with van der Waals surface area (Å²) in [5, 5.41) is 13.9. The molecule has 3 aliphatic heterocycles. The number of nitrogens with zero attached hydrogens (tertiary/aromatic N) is 1. The van der Waals surface area contributed by atoms with E-state index in [2.05, 4.69) is 12.2 Å². The molecule has 2 bridgehead atoms. The van der Waals surface area contributed by atoms with E-state index in [0.29, 0.717) is 17.1 Å². The summed E-state index contributed by atoms with van der Waals surface area (Å²) in [6, 6.07) is 14.9. The van der Waals surface area contributed by atoms with Gasteiger partial charge in [-0.2, -0.15) is 0 Å². The highest BCUT2D eigenvalue weighted by molar-refractivity contribution is 8.02. The molecule has 196 valence electrons. The molecular weight excluding hydrogens is 512 g/mol. The number of ether oxygens (including phenoxy) is 1. The summed E-state index contributed by atoms with van der Waals surface area (Å²) in [6.07, 6.45) is 1.11. The van der Waals surface area contributed by atoms with Gasteiger partial charge in [0.25, 0.3) is 0 Å². The first kappa shape index (κ1) is 26.1. The molecule has 3 fully saturated rings.